The first kappa shape index (κ1) is 21.4. The molecule has 0 bridgehead atoms. The van der Waals surface area contributed by atoms with Gasteiger partial charge in [0.1, 0.15) is 11.6 Å². The molecule has 0 amide bonds. The van der Waals surface area contributed by atoms with Gasteiger partial charge in [0.25, 0.3) is 0 Å². The predicted molar refractivity (Wildman–Crippen MR) is 123 cm³/mol. The number of hydrogen-bond donors (Lipinski definition) is 0. The molecule has 2 aliphatic rings. The van der Waals surface area contributed by atoms with Gasteiger partial charge in [0.05, 0.1) is 24.6 Å². The van der Waals surface area contributed by atoms with Crippen molar-refractivity contribution in [1.82, 2.24) is 19.1 Å². The number of ether oxygens (including phenoxy) is 1. The van der Waals surface area contributed by atoms with Gasteiger partial charge in [-0.3, -0.25) is 4.57 Å². The lowest BCUT2D eigenvalue weighted by Gasteiger charge is -2.29. The summed E-state index contributed by atoms with van der Waals surface area (Å²) in [5.74, 6) is 2.66. The van der Waals surface area contributed by atoms with E-state index in [1.165, 1.54) is 10.6 Å². The first-order valence-corrected chi connectivity index (χ1v) is 13.0. The molecule has 2 aromatic carbocycles. The molecular weight excluding hydrogens is 448 g/mol. The predicted octanol–water partition coefficient (Wildman–Crippen LogP) is 4.30. The molecule has 1 saturated carbocycles. The molecule has 1 aliphatic carbocycles. The normalized spacial score (nSPS) is 21.4. The van der Waals surface area contributed by atoms with Crippen LogP contribution in [0, 0.1) is 0 Å². The zero-order valence-corrected chi connectivity index (χ0v) is 19.4. The number of rotatable bonds is 4. The molecule has 1 aliphatic heterocycles. The lowest BCUT2D eigenvalue weighted by molar-refractivity contribution is 0.144. The Morgan fingerprint density at radius 1 is 1.00 bits per heavy atom. The summed E-state index contributed by atoms with van der Waals surface area (Å²) >= 11 is 6.24. The minimum atomic E-state index is -3.41. The fourth-order valence-electron chi connectivity index (χ4n) is 4.63. The van der Waals surface area contributed by atoms with Gasteiger partial charge in [-0.15, -0.1) is 10.2 Å². The molecule has 3 aromatic rings. The second kappa shape index (κ2) is 8.50. The minimum Gasteiger partial charge on any atom is -0.490 e. The Morgan fingerprint density at radius 3 is 2.47 bits per heavy atom. The van der Waals surface area contributed by atoms with Crippen molar-refractivity contribution in [2.24, 2.45) is 0 Å². The maximum Gasteiger partial charge on any atom is 0.211 e. The topological polar surface area (TPSA) is 77.3 Å². The van der Waals surface area contributed by atoms with E-state index in [4.69, 9.17) is 16.3 Å². The molecule has 0 saturated heterocycles. The molecule has 0 spiro atoms. The monoisotopic (exact) mass is 472 g/mol. The van der Waals surface area contributed by atoms with Gasteiger partial charge in [-0.05, 0) is 61.6 Å². The lowest BCUT2D eigenvalue weighted by Crippen LogP contribution is -2.28. The molecule has 5 rings (SSSR count). The summed E-state index contributed by atoms with van der Waals surface area (Å²) in [6.45, 7) is 0.444. The van der Waals surface area contributed by atoms with Gasteiger partial charge in [0, 0.05) is 17.5 Å². The van der Waals surface area contributed by atoms with Crippen molar-refractivity contribution < 1.29 is 13.2 Å². The summed E-state index contributed by atoms with van der Waals surface area (Å²) in [7, 11) is -3.41. The van der Waals surface area contributed by atoms with E-state index in [-0.39, 0.29) is 25.1 Å². The highest BCUT2D eigenvalue weighted by Gasteiger charge is 2.32. The van der Waals surface area contributed by atoms with Gasteiger partial charge in [-0.2, -0.15) is 4.31 Å². The van der Waals surface area contributed by atoms with E-state index in [9.17, 15) is 8.42 Å². The maximum atomic E-state index is 12.4. The average molecular weight is 473 g/mol. The third kappa shape index (κ3) is 4.27. The lowest BCUT2D eigenvalue weighted by atomic mass is 9.86. The highest BCUT2D eigenvalue weighted by molar-refractivity contribution is 7.88. The maximum absolute atomic E-state index is 12.4. The third-order valence-electron chi connectivity index (χ3n) is 6.26. The van der Waals surface area contributed by atoms with Crippen LogP contribution in [0.15, 0.2) is 48.5 Å². The Balaban J connectivity index is 1.43. The van der Waals surface area contributed by atoms with Gasteiger partial charge in [-0.25, -0.2) is 8.42 Å². The summed E-state index contributed by atoms with van der Waals surface area (Å²) in [6, 6.07) is 15.5. The number of sulfonamides is 1. The first-order chi connectivity index (χ1) is 15.4. The van der Waals surface area contributed by atoms with Crippen molar-refractivity contribution in [2.45, 2.75) is 50.8 Å². The van der Waals surface area contributed by atoms with Crippen LogP contribution >= 0.6 is 11.6 Å². The molecule has 0 N–H and O–H groups in total. The molecule has 0 atom stereocenters. The molecule has 2 heterocycles. The van der Waals surface area contributed by atoms with E-state index in [1.54, 1.807) is 0 Å². The van der Waals surface area contributed by atoms with E-state index >= 15 is 0 Å². The summed E-state index contributed by atoms with van der Waals surface area (Å²) in [5.41, 5.74) is 1.75. The highest BCUT2D eigenvalue weighted by Crippen LogP contribution is 2.37. The number of benzene rings is 2. The van der Waals surface area contributed by atoms with Crippen LogP contribution in [-0.4, -0.2) is 39.8 Å². The molecule has 168 valence electrons. The van der Waals surface area contributed by atoms with Crippen molar-refractivity contribution >= 4 is 21.6 Å². The highest BCUT2D eigenvalue weighted by atomic mass is 35.5. The molecule has 9 heteroatoms. The molecule has 32 heavy (non-hydrogen) atoms. The van der Waals surface area contributed by atoms with Crippen LogP contribution < -0.4 is 4.74 Å². The van der Waals surface area contributed by atoms with Crippen molar-refractivity contribution in [3.8, 4) is 11.4 Å². The van der Waals surface area contributed by atoms with Gasteiger partial charge < -0.3 is 4.74 Å². The zero-order valence-electron chi connectivity index (χ0n) is 17.8. The molecule has 7 nitrogen and oxygen atoms in total. The van der Waals surface area contributed by atoms with Crippen LogP contribution in [0.1, 0.15) is 48.8 Å². The number of hydrogen-bond acceptors (Lipinski definition) is 5. The summed E-state index contributed by atoms with van der Waals surface area (Å²) in [5, 5.41) is 9.51. The van der Waals surface area contributed by atoms with Gasteiger partial charge >= 0.3 is 0 Å². The number of nitrogens with zero attached hydrogens (tertiary/aromatic N) is 4. The standard InChI is InChI=1S/C23H25ClN4O3S/c1-32(29,30)27-14-17-13-18(24)9-12-21(17)28-22(15-27)25-26-23(28)16-7-10-20(11-8-16)31-19-5-3-2-4-6-19/h2-6,9,12-13,16,20H,7-8,10-11,14-15H2,1H3. The van der Waals surface area contributed by atoms with Crippen molar-refractivity contribution in [3.05, 3.63) is 70.8 Å². The smallest absolute Gasteiger partial charge is 0.211 e. The van der Waals surface area contributed by atoms with Crippen molar-refractivity contribution in [3.63, 3.8) is 0 Å². The third-order valence-corrected chi connectivity index (χ3v) is 7.69. The zero-order chi connectivity index (χ0) is 22.3. The van der Waals surface area contributed by atoms with E-state index < -0.39 is 10.0 Å². The number of para-hydroxylation sites is 1. The van der Waals surface area contributed by atoms with E-state index in [0.29, 0.717) is 10.8 Å². The summed E-state index contributed by atoms with van der Waals surface area (Å²) in [4.78, 5) is 0. The van der Waals surface area contributed by atoms with Crippen LogP contribution in [0.3, 0.4) is 0 Å². The fraction of sp³-hybridized carbons (Fsp3) is 0.391. The van der Waals surface area contributed by atoms with E-state index in [2.05, 4.69) is 10.2 Å². The van der Waals surface area contributed by atoms with Gasteiger partial charge in [-0.1, -0.05) is 29.8 Å². The average Bonchev–Trinajstić information content (AvgIpc) is 3.10. The fourth-order valence-corrected chi connectivity index (χ4v) is 5.55. The molecular formula is C23H25ClN4O3S. The van der Waals surface area contributed by atoms with Crippen LogP contribution in [0.4, 0.5) is 0 Å². The van der Waals surface area contributed by atoms with Crippen LogP contribution in [-0.2, 0) is 23.1 Å². The molecule has 1 aromatic heterocycles. The summed E-state index contributed by atoms with van der Waals surface area (Å²) in [6.07, 6.45) is 5.16. The second-order valence-electron chi connectivity index (χ2n) is 8.52. The van der Waals surface area contributed by atoms with E-state index in [0.717, 1.165) is 48.5 Å². The Bertz CT molecular complexity index is 1220. The minimum absolute atomic E-state index is 0.185. The SMILES string of the molecule is CS(=O)(=O)N1Cc2cc(Cl)ccc2-n2c(nnc2C2CCC(Oc3ccccc3)CC2)C1. The number of halogens is 1. The van der Waals surface area contributed by atoms with Gasteiger partial charge in [0.2, 0.25) is 10.0 Å². The largest absolute Gasteiger partial charge is 0.490 e. The Morgan fingerprint density at radius 2 is 1.75 bits per heavy atom. The molecule has 0 radical (unpaired) electrons. The van der Waals surface area contributed by atoms with Crippen LogP contribution in [0.5, 0.6) is 5.75 Å². The van der Waals surface area contributed by atoms with Crippen molar-refractivity contribution in [2.75, 3.05) is 6.26 Å². The van der Waals surface area contributed by atoms with Gasteiger partial charge in [0.15, 0.2) is 5.82 Å². The Labute approximate surface area is 193 Å². The van der Waals surface area contributed by atoms with Crippen molar-refractivity contribution in [1.29, 1.82) is 0 Å². The Kier molecular flexibility index (Phi) is 5.69. The molecule has 1 fully saturated rings. The second-order valence-corrected chi connectivity index (χ2v) is 10.9. The Hall–Kier alpha value is -2.42. The first-order valence-electron chi connectivity index (χ1n) is 10.8. The van der Waals surface area contributed by atoms with E-state index in [1.807, 2.05) is 53.1 Å². The summed E-state index contributed by atoms with van der Waals surface area (Å²) < 4.78 is 34.3. The van der Waals surface area contributed by atoms with Crippen LogP contribution in [0.2, 0.25) is 5.02 Å². The van der Waals surface area contributed by atoms with Crippen LogP contribution in [0.25, 0.3) is 5.69 Å². The quantitative estimate of drug-likeness (QED) is 0.565. The number of aromatic nitrogens is 3. The number of fused-ring (bicyclic) bond motifs is 3. The molecule has 0 unspecified atom stereocenters.